The van der Waals surface area contributed by atoms with Gasteiger partial charge in [-0.3, -0.25) is 9.59 Å². The van der Waals surface area contributed by atoms with E-state index in [1.54, 1.807) is 16.2 Å². The van der Waals surface area contributed by atoms with Crippen LogP contribution in [0.4, 0.5) is 0 Å². The van der Waals surface area contributed by atoms with Crippen molar-refractivity contribution >= 4 is 23.2 Å². The van der Waals surface area contributed by atoms with E-state index in [4.69, 9.17) is 5.73 Å². The molecule has 0 aliphatic rings. The molecule has 2 rings (SSSR count). The van der Waals surface area contributed by atoms with Crippen LogP contribution in [0.25, 0.3) is 10.4 Å². The van der Waals surface area contributed by atoms with E-state index in [9.17, 15) is 9.59 Å². The molecule has 0 bridgehead atoms. The number of hydrogen-bond acceptors (Lipinski definition) is 5. The number of benzene rings is 1. The SMILES string of the molecule is CC[C@@H](C(=O)N[C@@H](C)c1ccc(-c2scnc2C)cc1)N(CC)C(=O)C(N)C(C)(C)C. The van der Waals surface area contributed by atoms with Crippen LogP contribution < -0.4 is 11.1 Å². The first-order chi connectivity index (χ1) is 14.5. The fourth-order valence-electron chi connectivity index (χ4n) is 3.52. The number of nitrogens with two attached hydrogens (primary N) is 1. The van der Waals surface area contributed by atoms with Gasteiger partial charge in [-0.15, -0.1) is 11.3 Å². The number of aryl methyl sites for hydroxylation is 1. The fraction of sp³-hybridized carbons (Fsp3) is 0.542. The predicted molar refractivity (Wildman–Crippen MR) is 128 cm³/mol. The molecule has 0 spiro atoms. The largest absolute Gasteiger partial charge is 0.348 e. The standard InChI is InChI=1S/C24H36N4O2S/c1-8-19(28(9-2)23(30)21(25)24(5,6)7)22(29)27-15(3)17-10-12-18(13-11-17)20-16(4)26-14-31-20/h10-15,19,21H,8-9,25H2,1-7H3,(H,27,29)/t15-,19-,21?/m0/s1. The maximum atomic E-state index is 13.1. The molecule has 31 heavy (non-hydrogen) atoms. The predicted octanol–water partition coefficient (Wildman–Crippen LogP) is 4.30. The van der Waals surface area contributed by atoms with E-state index in [1.807, 2.05) is 66.1 Å². The Bertz CT molecular complexity index is 886. The van der Waals surface area contributed by atoms with Gasteiger partial charge < -0.3 is 16.0 Å². The Morgan fingerprint density at radius 2 is 1.81 bits per heavy atom. The van der Waals surface area contributed by atoms with Crippen LogP contribution in [0, 0.1) is 12.3 Å². The number of likely N-dealkylation sites (N-methyl/N-ethyl adjacent to an activating group) is 1. The van der Waals surface area contributed by atoms with Gasteiger partial charge in [0.1, 0.15) is 6.04 Å². The lowest BCUT2D eigenvalue weighted by Gasteiger charge is -2.35. The summed E-state index contributed by atoms with van der Waals surface area (Å²) in [6.07, 6.45) is 0.526. The van der Waals surface area contributed by atoms with Crippen LogP contribution in [0.15, 0.2) is 29.8 Å². The highest BCUT2D eigenvalue weighted by atomic mass is 32.1. The highest BCUT2D eigenvalue weighted by molar-refractivity contribution is 7.13. The van der Waals surface area contributed by atoms with Crippen LogP contribution in [0.3, 0.4) is 0 Å². The Labute approximate surface area is 190 Å². The van der Waals surface area contributed by atoms with Gasteiger partial charge in [0.05, 0.1) is 28.2 Å². The number of nitrogens with zero attached hydrogens (tertiary/aromatic N) is 2. The summed E-state index contributed by atoms with van der Waals surface area (Å²) in [7, 11) is 0. The Hall–Kier alpha value is -2.25. The topological polar surface area (TPSA) is 88.3 Å². The number of nitrogens with one attached hydrogen (secondary N) is 1. The van der Waals surface area contributed by atoms with E-state index < -0.39 is 12.1 Å². The molecular weight excluding hydrogens is 408 g/mol. The van der Waals surface area contributed by atoms with E-state index in [1.165, 1.54) is 0 Å². The van der Waals surface area contributed by atoms with Gasteiger partial charge in [-0.25, -0.2) is 4.98 Å². The van der Waals surface area contributed by atoms with Gasteiger partial charge in [0, 0.05) is 6.54 Å². The summed E-state index contributed by atoms with van der Waals surface area (Å²) in [4.78, 5) is 33.1. The van der Waals surface area contributed by atoms with Gasteiger partial charge in [0.15, 0.2) is 0 Å². The van der Waals surface area contributed by atoms with Crippen molar-refractivity contribution in [2.45, 2.75) is 73.0 Å². The average Bonchev–Trinajstić information content (AvgIpc) is 3.15. The second kappa shape index (κ2) is 10.4. The smallest absolute Gasteiger partial charge is 0.243 e. The van der Waals surface area contributed by atoms with Crippen LogP contribution in [-0.2, 0) is 9.59 Å². The van der Waals surface area contributed by atoms with Gasteiger partial charge in [0.2, 0.25) is 11.8 Å². The van der Waals surface area contributed by atoms with Gasteiger partial charge in [-0.2, -0.15) is 0 Å². The molecule has 2 aromatic rings. The molecule has 3 atom stereocenters. The molecule has 0 aliphatic carbocycles. The first-order valence-corrected chi connectivity index (χ1v) is 11.8. The highest BCUT2D eigenvalue weighted by Gasteiger charge is 2.35. The summed E-state index contributed by atoms with van der Waals surface area (Å²) in [6, 6.07) is 6.78. The minimum absolute atomic E-state index is 0.159. The van der Waals surface area contributed by atoms with Crippen LogP contribution >= 0.6 is 11.3 Å². The van der Waals surface area contributed by atoms with Crippen molar-refractivity contribution in [3.05, 3.63) is 41.0 Å². The van der Waals surface area contributed by atoms with Crippen molar-refractivity contribution in [2.75, 3.05) is 6.54 Å². The molecule has 0 fully saturated rings. The second-order valence-electron chi connectivity index (χ2n) is 9.01. The zero-order chi connectivity index (χ0) is 23.3. The van der Waals surface area contributed by atoms with E-state index in [0.29, 0.717) is 13.0 Å². The maximum Gasteiger partial charge on any atom is 0.243 e. The summed E-state index contributed by atoms with van der Waals surface area (Å²) in [5, 5.41) is 3.08. The maximum absolute atomic E-state index is 13.1. The number of aromatic nitrogens is 1. The molecule has 170 valence electrons. The lowest BCUT2D eigenvalue weighted by molar-refractivity contribution is -0.143. The summed E-state index contributed by atoms with van der Waals surface area (Å²) in [5.41, 5.74) is 10.8. The molecule has 0 saturated heterocycles. The normalized spacial score (nSPS) is 14.6. The van der Waals surface area contributed by atoms with E-state index in [2.05, 4.69) is 22.4 Å². The molecule has 1 aromatic carbocycles. The van der Waals surface area contributed by atoms with Gasteiger partial charge in [0.25, 0.3) is 0 Å². The average molecular weight is 445 g/mol. The van der Waals surface area contributed by atoms with Crippen molar-refractivity contribution in [3.8, 4) is 10.4 Å². The lowest BCUT2D eigenvalue weighted by Crippen LogP contribution is -2.57. The van der Waals surface area contributed by atoms with Crippen LogP contribution in [0.1, 0.15) is 65.3 Å². The number of amides is 2. The molecule has 1 unspecified atom stereocenters. The van der Waals surface area contributed by atoms with Crippen molar-refractivity contribution in [1.29, 1.82) is 0 Å². The molecule has 1 heterocycles. The van der Waals surface area contributed by atoms with E-state index in [-0.39, 0.29) is 23.3 Å². The number of rotatable bonds is 8. The molecule has 0 radical (unpaired) electrons. The Kier molecular flexibility index (Phi) is 8.37. The third-order valence-electron chi connectivity index (χ3n) is 5.67. The van der Waals surface area contributed by atoms with Crippen LogP contribution in [0.2, 0.25) is 0 Å². The molecule has 0 saturated carbocycles. The monoisotopic (exact) mass is 444 g/mol. The molecule has 3 N–H and O–H groups in total. The summed E-state index contributed by atoms with van der Waals surface area (Å²) >= 11 is 1.62. The van der Waals surface area contributed by atoms with Crippen LogP contribution in [0.5, 0.6) is 0 Å². The Balaban J connectivity index is 2.12. The molecule has 1 aromatic heterocycles. The minimum atomic E-state index is -0.658. The molecule has 2 amide bonds. The molecule has 7 heteroatoms. The Morgan fingerprint density at radius 3 is 2.26 bits per heavy atom. The van der Waals surface area contributed by atoms with E-state index >= 15 is 0 Å². The van der Waals surface area contributed by atoms with Gasteiger partial charge >= 0.3 is 0 Å². The zero-order valence-corrected chi connectivity index (χ0v) is 20.5. The number of thiazole rings is 1. The first-order valence-electron chi connectivity index (χ1n) is 10.9. The van der Waals surface area contributed by atoms with Crippen molar-refractivity contribution < 1.29 is 9.59 Å². The second-order valence-corrected chi connectivity index (χ2v) is 9.87. The number of hydrogen-bond donors (Lipinski definition) is 2. The van der Waals surface area contributed by atoms with Crippen LogP contribution in [-0.4, -0.2) is 40.3 Å². The summed E-state index contributed by atoms with van der Waals surface area (Å²) in [6.45, 7) is 14.0. The first kappa shape index (κ1) is 25.0. The lowest BCUT2D eigenvalue weighted by atomic mass is 9.86. The van der Waals surface area contributed by atoms with Crippen molar-refractivity contribution in [3.63, 3.8) is 0 Å². The van der Waals surface area contributed by atoms with E-state index in [0.717, 1.165) is 21.7 Å². The molecular formula is C24H36N4O2S. The summed E-state index contributed by atoms with van der Waals surface area (Å²) < 4.78 is 0. The van der Waals surface area contributed by atoms with Gasteiger partial charge in [-0.05, 0) is 43.7 Å². The fourth-order valence-corrected chi connectivity index (χ4v) is 4.33. The number of carbonyl (C=O) groups is 2. The Morgan fingerprint density at radius 1 is 1.19 bits per heavy atom. The third kappa shape index (κ3) is 5.92. The minimum Gasteiger partial charge on any atom is -0.348 e. The molecule has 0 aliphatic heterocycles. The quantitative estimate of drug-likeness (QED) is 0.635. The molecule has 6 nitrogen and oxygen atoms in total. The highest BCUT2D eigenvalue weighted by Crippen LogP contribution is 2.28. The zero-order valence-electron chi connectivity index (χ0n) is 19.7. The third-order valence-corrected chi connectivity index (χ3v) is 6.64. The van der Waals surface area contributed by atoms with Crippen molar-refractivity contribution in [2.24, 2.45) is 11.1 Å². The summed E-state index contributed by atoms with van der Waals surface area (Å²) in [5.74, 6) is -0.345. The number of carbonyl (C=O) groups excluding carboxylic acids is 2. The van der Waals surface area contributed by atoms with Gasteiger partial charge in [-0.1, -0.05) is 52.0 Å². The van der Waals surface area contributed by atoms with Crippen molar-refractivity contribution in [1.82, 2.24) is 15.2 Å².